The van der Waals surface area contributed by atoms with Crippen LogP contribution in [0.15, 0.2) is 30.9 Å². The maximum absolute atomic E-state index is 4.30. The second-order valence-electron chi connectivity index (χ2n) is 4.37. The molecular weight excluding hydrogens is 226 g/mol. The predicted molar refractivity (Wildman–Crippen MR) is 69.8 cm³/mol. The minimum atomic E-state index is 0.306. The highest BCUT2D eigenvalue weighted by Gasteiger charge is 2.14. The molecule has 0 radical (unpaired) electrons. The van der Waals surface area contributed by atoms with Crippen LogP contribution < -0.4 is 0 Å². The van der Waals surface area contributed by atoms with Crippen LogP contribution in [0, 0.1) is 0 Å². The van der Waals surface area contributed by atoms with Gasteiger partial charge in [0.2, 0.25) is 0 Å². The molecule has 2 aromatic rings. The number of nitrogens with zero attached hydrogens (tertiary/aromatic N) is 5. The number of aromatic nitrogens is 4. The van der Waals surface area contributed by atoms with Gasteiger partial charge >= 0.3 is 0 Å². The molecular formula is C13H19N5. The van der Waals surface area contributed by atoms with Crippen molar-refractivity contribution < 1.29 is 0 Å². The molecule has 2 rings (SSSR count). The van der Waals surface area contributed by atoms with Crippen molar-refractivity contribution in [2.45, 2.75) is 33.0 Å². The van der Waals surface area contributed by atoms with Crippen LogP contribution in [0.25, 0.3) is 0 Å². The van der Waals surface area contributed by atoms with Crippen LogP contribution in [0.1, 0.15) is 31.3 Å². The van der Waals surface area contributed by atoms with Crippen molar-refractivity contribution in [1.29, 1.82) is 0 Å². The van der Waals surface area contributed by atoms with Crippen molar-refractivity contribution in [3.8, 4) is 0 Å². The van der Waals surface area contributed by atoms with E-state index in [0.717, 1.165) is 18.9 Å². The number of pyridine rings is 1. The molecule has 0 aromatic carbocycles. The summed E-state index contributed by atoms with van der Waals surface area (Å²) in [6, 6.07) is 4.37. The van der Waals surface area contributed by atoms with E-state index < -0.39 is 0 Å². The molecule has 18 heavy (non-hydrogen) atoms. The molecule has 0 bridgehead atoms. The molecule has 0 saturated heterocycles. The number of hydrogen-bond donors (Lipinski definition) is 0. The van der Waals surface area contributed by atoms with Gasteiger partial charge in [-0.3, -0.25) is 9.88 Å². The summed E-state index contributed by atoms with van der Waals surface area (Å²) in [5.41, 5.74) is 1.21. The quantitative estimate of drug-likeness (QED) is 0.807. The Morgan fingerprint density at radius 2 is 2.28 bits per heavy atom. The van der Waals surface area contributed by atoms with E-state index >= 15 is 0 Å². The van der Waals surface area contributed by atoms with Gasteiger partial charge in [0.05, 0.1) is 6.54 Å². The topological polar surface area (TPSA) is 46.8 Å². The molecule has 0 aliphatic carbocycles. The Morgan fingerprint density at radius 1 is 1.44 bits per heavy atom. The van der Waals surface area contributed by atoms with Crippen molar-refractivity contribution >= 4 is 0 Å². The molecule has 2 heterocycles. The molecule has 0 N–H and O–H groups in total. The molecule has 1 unspecified atom stereocenters. The van der Waals surface area contributed by atoms with Gasteiger partial charge in [-0.2, -0.15) is 5.10 Å². The van der Waals surface area contributed by atoms with Crippen LogP contribution in [0.4, 0.5) is 0 Å². The van der Waals surface area contributed by atoms with Crippen molar-refractivity contribution in [3.05, 3.63) is 42.2 Å². The number of rotatable bonds is 5. The third-order valence-electron chi connectivity index (χ3n) is 3.21. The Labute approximate surface area is 107 Å². The smallest absolute Gasteiger partial charge is 0.141 e. The Balaban J connectivity index is 2.06. The van der Waals surface area contributed by atoms with E-state index in [1.165, 1.54) is 5.56 Å². The minimum absolute atomic E-state index is 0.306. The van der Waals surface area contributed by atoms with E-state index in [2.05, 4.69) is 46.9 Å². The summed E-state index contributed by atoms with van der Waals surface area (Å²) >= 11 is 0. The number of aryl methyl sites for hydroxylation is 1. The highest BCUT2D eigenvalue weighted by molar-refractivity contribution is 5.13. The lowest BCUT2D eigenvalue weighted by molar-refractivity contribution is 0.241. The summed E-state index contributed by atoms with van der Waals surface area (Å²) in [6.45, 7) is 5.88. The zero-order valence-electron chi connectivity index (χ0n) is 11.1. The Morgan fingerprint density at radius 3 is 2.94 bits per heavy atom. The van der Waals surface area contributed by atoms with Crippen LogP contribution in [0.3, 0.4) is 0 Å². The summed E-state index contributed by atoms with van der Waals surface area (Å²) in [5, 5.41) is 4.19. The monoisotopic (exact) mass is 245 g/mol. The molecule has 0 aliphatic heterocycles. The first-order chi connectivity index (χ1) is 8.72. The normalized spacial score (nSPS) is 12.9. The fourth-order valence-corrected chi connectivity index (χ4v) is 1.91. The van der Waals surface area contributed by atoms with Crippen LogP contribution in [0.5, 0.6) is 0 Å². The lowest BCUT2D eigenvalue weighted by Crippen LogP contribution is -2.24. The molecule has 0 aliphatic rings. The average Bonchev–Trinajstić information content (AvgIpc) is 2.86. The fraction of sp³-hybridized carbons (Fsp3) is 0.462. The molecule has 0 saturated carbocycles. The molecule has 0 amide bonds. The van der Waals surface area contributed by atoms with Gasteiger partial charge in [0.15, 0.2) is 0 Å². The van der Waals surface area contributed by atoms with Gasteiger partial charge < -0.3 is 0 Å². The van der Waals surface area contributed by atoms with Crippen molar-refractivity contribution in [2.24, 2.45) is 0 Å². The summed E-state index contributed by atoms with van der Waals surface area (Å²) in [5.74, 6) is 0.996. The van der Waals surface area contributed by atoms with E-state index in [9.17, 15) is 0 Å². The third-order valence-corrected chi connectivity index (χ3v) is 3.21. The highest BCUT2D eigenvalue weighted by atomic mass is 15.3. The van der Waals surface area contributed by atoms with E-state index in [4.69, 9.17) is 0 Å². The summed E-state index contributed by atoms with van der Waals surface area (Å²) < 4.78 is 1.92. The first kappa shape index (κ1) is 12.7. The van der Waals surface area contributed by atoms with Gasteiger partial charge in [0.1, 0.15) is 12.2 Å². The lowest BCUT2D eigenvalue weighted by Gasteiger charge is -2.24. The Kier molecular flexibility index (Phi) is 4.04. The number of hydrogen-bond acceptors (Lipinski definition) is 4. The molecule has 1 atom stereocenters. The van der Waals surface area contributed by atoms with Crippen LogP contribution >= 0.6 is 0 Å². The summed E-state index contributed by atoms with van der Waals surface area (Å²) in [6.07, 6.45) is 5.32. The second kappa shape index (κ2) is 5.73. The van der Waals surface area contributed by atoms with Crippen molar-refractivity contribution in [1.82, 2.24) is 24.6 Å². The van der Waals surface area contributed by atoms with E-state index in [-0.39, 0.29) is 0 Å². The standard InChI is InChI=1S/C13H19N5/c1-4-18-13(15-10-16-18)9-17(3)11(2)12-6-5-7-14-8-12/h5-8,10-11H,4,9H2,1-3H3. The third kappa shape index (κ3) is 2.73. The second-order valence-corrected chi connectivity index (χ2v) is 4.37. The van der Waals surface area contributed by atoms with E-state index in [1.807, 2.05) is 16.9 Å². The van der Waals surface area contributed by atoms with E-state index in [1.54, 1.807) is 12.5 Å². The SMILES string of the molecule is CCn1ncnc1CN(C)C(C)c1cccnc1. The molecule has 0 fully saturated rings. The Hall–Kier alpha value is -1.75. The minimum Gasteiger partial charge on any atom is -0.292 e. The summed E-state index contributed by atoms with van der Waals surface area (Å²) in [7, 11) is 2.09. The van der Waals surface area contributed by atoms with Gasteiger partial charge in [-0.25, -0.2) is 9.67 Å². The first-order valence-electron chi connectivity index (χ1n) is 6.19. The maximum Gasteiger partial charge on any atom is 0.141 e. The lowest BCUT2D eigenvalue weighted by atomic mass is 10.1. The van der Waals surface area contributed by atoms with Gasteiger partial charge in [0, 0.05) is 25.0 Å². The van der Waals surface area contributed by atoms with Gasteiger partial charge in [0.25, 0.3) is 0 Å². The zero-order valence-corrected chi connectivity index (χ0v) is 11.1. The predicted octanol–water partition coefficient (Wildman–Crippen LogP) is 1.89. The van der Waals surface area contributed by atoms with E-state index in [0.29, 0.717) is 6.04 Å². The zero-order chi connectivity index (χ0) is 13.0. The fourth-order valence-electron chi connectivity index (χ4n) is 1.91. The Bertz CT molecular complexity index is 479. The summed E-state index contributed by atoms with van der Waals surface area (Å²) in [4.78, 5) is 10.7. The van der Waals surface area contributed by atoms with Gasteiger partial charge in [-0.1, -0.05) is 6.07 Å². The van der Waals surface area contributed by atoms with Gasteiger partial charge in [-0.05, 0) is 32.5 Å². The van der Waals surface area contributed by atoms with Crippen molar-refractivity contribution in [2.75, 3.05) is 7.05 Å². The van der Waals surface area contributed by atoms with Crippen molar-refractivity contribution in [3.63, 3.8) is 0 Å². The molecule has 0 spiro atoms. The molecule has 5 heteroatoms. The first-order valence-corrected chi connectivity index (χ1v) is 6.19. The average molecular weight is 245 g/mol. The van der Waals surface area contributed by atoms with Crippen LogP contribution in [-0.4, -0.2) is 31.7 Å². The largest absolute Gasteiger partial charge is 0.292 e. The molecule has 5 nitrogen and oxygen atoms in total. The van der Waals surface area contributed by atoms with Crippen LogP contribution in [-0.2, 0) is 13.1 Å². The maximum atomic E-state index is 4.30. The molecule has 2 aromatic heterocycles. The highest BCUT2D eigenvalue weighted by Crippen LogP contribution is 2.18. The van der Waals surface area contributed by atoms with Crippen LogP contribution in [0.2, 0.25) is 0 Å². The van der Waals surface area contributed by atoms with Gasteiger partial charge in [-0.15, -0.1) is 0 Å². The molecule has 96 valence electrons.